The van der Waals surface area contributed by atoms with Gasteiger partial charge in [-0.3, -0.25) is 4.79 Å². The number of carbonyl (C=O) groups is 1. The summed E-state index contributed by atoms with van der Waals surface area (Å²) in [6.45, 7) is 0. The summed E-state index contributed by atoms with van der Waals surface area (Å²) < 4.78 is 55.0. The van der Waals surface area contributed by atoms with E-state index in [0.29, 0.717) is 0 Å². The fourth-order valence-corrected chi connectivity index (χ4v) is 2.68. The molecule has 25 heavy (non-hydrogen) atoms. The number of thioether (sulfide) groups is 1. The molecule has 2 aromatic carbocycles. The highest BCUT2D eigenvalue weighted by atomic mass is 79.9. The third-order valence-corrected chi connectivity index (χ3v) is 4.35. The monoisotopic (exact) mass is 437 g/mol. The number of ether oxygens (including phenoxy) is 1. The van der Waals surface area contributed by atoms with Gasteiger partial charge in [0.2, 0.25) is 5.91 Å². The molecule has 0 saturated carbocycles. The average molecular weight is 438 g/mol. The van der Waals surface area contributed by atoms with Crippen molar-refractivity contribution < 1.29 is 27.1 Å². The first-order chi connectivity index (χ1) is 11.8. The second-order valence-corrected chi connectivity index (χ2v) is 6.75. The summed E-state index contributed by atoms with van der Waals surface area (Å²) in [6.07, 6.45) is -8.55. The summed E-state index contributed by atoms with van der Waals surface area (Å²) in [7, 11) is 0. The normalized spacial score (nSPS) is 11.4. The van der Waals surface area contributed by atoms with E-state index < -0.39 is 18.3 Å². The molecule has 3 nitrogen and oxygen atoms in total. The van der Waals surface area contributed by atoms with E-state index in [1.54, 1.807) is 0 Å². The van der Waals surface area contributed by atoms with Crippen molar-refractivity contribution in [1.29, 1.82) is 0 Å². The molecule has 0 saturated heterocycles. The molecule has 1 amide bonds. The van der Waals surface area contributed by atoms with Crippen molar-refractivity contribution in [2.75, 3.05) is 11.1 Å². The van der Waals surface area contributed by atoms with Gasteiger partial charge < -0.3 is 10.1 Å². The van der Waals surface area contributed by atoms with Gasteiger partial charge in [0.15, 0.2) is 0 Å². The van der Waals surface area contributed by atoms with Crippen LogP contribution in [0, 0.1) is 0 Å². The van der Waals surface area contributed by atoms with E-state index in [0.717, 1.165) is 21.5 Å². The zero-order chi connectivity index (χ0) is 18.4. The second kappa shape index (κ2) is 8.57. The van der Waals surface area contributed by atoms with E-state index in [2.05, 4.69) is 26.0 Å². The number of nitrogens with one attached hydrogen (secondary N) is 1. The van der Waals surface area contributed by atoms with E-state index in [9.17, 15) is 22.4 Å². The third kappa shape index (κ3) is 6.24. The number of benzene rings is 2. The van der Waals surface area contributed by atoms with Gasteiger partial charge in [-0.1, -0.05) is 22.0 Å². The Labute approximate surface area is 153 Å². The summed E-state index contributed by atoms with van der Waals surface area (Å²) in [4.78, 5) is 12.8. The summed E-state index contributed by atoms with van der Waals surface area (Å²) in [6, 6.07) is 12.3. The van der Waals surface area contributed by atoms with Gasteiger partial charge in [-0.15, -0.1) is 11.8 Å². The van der Waals surface area contributed by atoms with Crippen molar-refractivity contribution in [2.45, 2.75) is 17.4 Å². The average Bonchev–Trinajstić information content (AvgIpc) is 2.54. The van der Waals surface area contributed by atoms with Gasteiger partial charge in [0.25, 0.3) is 0 Å². The number of hydrogen-bond donors (Lipinski definition) is 1. The summed E-state index contributed by atoms with van der Waals surface area (Å²) in [5.74, 6) is -0.741. The molecule has 2 rings (SSSR count). The number of halogens is 5. The standard InChI is InChI=1S/C16H12BrF4NO2S/c17-10-4-6-13(7-5-10)25-9-14(23)22-11-2-1-3-12(8-11)24-16(20,21)15(18)19/h1-8,15H,9H2,(H,22,23). The largest absolute Gasteiger partial charge is 0.461 e. The zero-order valence-corrected chi connectivity index (χ0v) is 14.9. The van der Waals surface area contributed by atoms with Crippen LogP contribution in [0.15, 0.2) is 57.9 Å². The highest BCUT2D eigenvalue weighted by Crippen LogP contribution is 2.29. The Kier molecular flexibility index (Phi) is 6.71. The van der Waals surface area contributed by atoms with Gasteiger partial charge in [0.1, 0.15) is 5.75 Å². The molecular formula is C16H12BrF4NO2S. The van der Waals surface area contributed by atoms with Gasteiger partial charge >= 0.3 is 12.5 Å². The fourth-order valence-electron chi connectivity index (χ4n) is 1.72. The number of hydrogen-bond acceptors (Lipinski definition) is 3. The minimum atomic E-state index is -4.60. The fraction of sp³-hybridized carbons (Fsp3) is 0.188. The molecule has 0 unspecified atom stereocenters. The molecule has 134 valence electrons. The molecule has 0 aliphatic heterocycles. The highest BCUT2D eigenvalue weighted by molar-refractivity contribution is 9.10. The SMILES string of the molecule is O=C(CSc1ccc(Br)cc1)Nc1cccc(OC(F)(F)C(F)F)c1. The summed E-state index contributed by atoms with van der Waals surface area (Å²) in [5.41, 5.74) is 0.170. The minimum absolute atomic E-state index is 0.0971. The number of anilines is 1. The molecule has 0 spiro atoms. The topological polar surface area (TPSA) is 38.3 Å². The molecule has 2 aromatic rings. The Morgan fingerprint density at radius 3 is 2.52 bits per heavy atom. The van der Waals surface area contributed by atoms with Gasteiger partial charge in [0, 0.05) is 21.1 Å². The smallest absolute Gasteiger partial charge is 0.428 e. The number of rotatable bonds is 7. The summed E-state index contributed by atoms with van der Waals surface area (Å²) >= 11 is 4.60. The molecule has 0 heterocycles. The first kappa shape index (κ1) is 19.6. The predicted octanol–water partition coefficient (Wildman–Crippen LogP) is 5.42. The summed E-state index contributed by atoms with van der Waals surface area (Å²) in [5, 5.41) is 2.50. The van der Waals surface area contributed by atoms with Crippen molar-refractivity contribution in [1.82, 2.24) is 0 Å². The van der Waals surface area contributed by atoms with Crippen LogP contribution >= 0.6 is 27.7 Å². The third-order valence-electron chi connectivity index (χ3n) is 2.81. The van der Waals surface area contributed by atoms with E-state index in [-0.39, 0.29) is 17.3 Å². The van der Waals surface area contributed by atoms with Crippen molar-refractivity contribution >= 4 is 39.3 Å². The molecular weight excluding hydrogens is 426 g/mol. The number of carbonyl (C=O) groups excluding carboxylic acids is 1. The lowest BCUT2D eigenvalue weighted by molar-refractivity contribution is -0.253. The van der Waals surface area contributed by atoms with Gasteiger partial charge in [-0.05, 0) is 36.4 Å². The van der Waals surface area contributed by atoms with E-state index >= 15 is 0 Å². The van der Waals surface area contributed by atoms with Crippen LogP contribution in [0.5, 0.6) is 5.75 Å². The van der Waals surface area contributed by atoms with E-state index in [4.69, 9.17) is 0 Å². The minimum Gasteiger partial charge on any atom is -0.428 e. The number of amides is 1. The maximum Gasteiger partial charge on any atom is 0.461 e. The maximum absolute atomic E-state index is 12.9. The molecule has 0 radical (unpaired) electrons. The molecule has 1 N–H and O–H groups in total. The molecule has 0 bridgehead atoms. The van der Waals surface area contributed by atoms with Gasteiger partial charge in [-0.25, -0.2) is 0 Å². The van der Waals surface area contributed by atoms with Crippen molar-refractivity contribution in [3.05, 3.63) is 53.0 Å². The molecule has 0 aromatic heterocycles. The van der Waals surface area contributed by atoms with Crippen LogP contribution in [0.3, 0.4) is 0 Å². The Hall–Kier alpha value is -1.74. The van der Waals surface area contributed by atoms with Crippen molar-refractivity contribution in [2.24, 2.45) is 0 Å². The Balaban J connectivity index is 1.92. The van der Waals surface area contributed by atoms with Crippen LogP contribution in [0.4, 0.5) is 23.2 Å². The number of alkyl halides is 4. The second-order valence-electron chi connectivity index (χ2n) is 4.78. The van der Waals surface area contributed by atoms with E-state index in [1.807, 2.05) is 24.3 Å². The van der Waals surface area contributed by atoms with Gasteiger partial charge in [-0.2, -0.15) is 17.6 Å². The maximum atomic E-state index is 12.9. The van der Waals surface area contributed by atoms with Crippen LogP contribution in [0.1, 0.15) is 0 Å². The van der Waals surface area contributed by atoms with Crippen LogP contribution in [0.2, 0.25) is 0 Å². The van der Waals surface area contributed by atoms with Crippen LogP contribution in [0.25, 0.3) is 0 Å². The first-order valence-corrected chi connectivity index (χ1v) is 8.67. The van der Waals surface area contributed by atoms with Crippen LogP contribution in [-0.2, 0) is 4.79 Å². The van der Waals surface area contributed by atoms with Crippen molar-refractivity contribution in [3.8, 4) is 5.75 Å². The highest BCUT2D eigenvalue weighted by Gasteiger charge is 2.43. The lowest BCUT2D eigenvalue weighted by atomic mass is 10.3. The lowest BCUT2D eigenvalue weighted by Crippen LogP contribution is -2.33. The molecule has 0 aliphatic carbocycles. The Morgan fingerprint density at radius 1 is 1.20 bits per heavy atom. The lowest BCUT2D eigenvalue weighted by Gasteiger charge is -2.17. The van der Waals surface area contributed by atoms with Gasteiger partial charge in [0.05, 0.1) is 5.75 Å². The quantitative estimate of drug-likeness (QED) is 0.464. The molecule has 0 atom stereocenters. The van der Waals surface area contributed by atoms with E-state index in [1.165, 1.54) is 23.9 Å². The first-order valence-electron chi connectivity index (χ1n) is 6.89. The predicted molar refractivity (Wildman–Crippen MR) is 91.5 cm³/mol. The zero-order valence-electron chi connectivity index (χ0n) is 12.5. The van der Waals surface area contributed by atoms with Crippen molar-refractivity contribution in [3.63, 3.8) is 0 Å². The van der Waals surface area contributed by atoms with Crippen LogP contribution < -0.4 is 10.1 Å². The molecule has 9 heteroatoms. The Bertz CT molecular complexity index is 728. The molecule has 0 fully saturated rings. The Morgan fingerprint density at radius 2 is 1.88 bits per heavy atom. The van der Waals surface area contributed by atoms with Crippen LogP contribution in [-0.4, -0.2) is 24.2 Å². The molecule has 0 aliphatic rings.